The monoisotopic (exact) mass is 297 g/mol. The van der Waals surface area contributed by atoms with Crippen LogP contribution in [-0.4, -0.2) is 19.5 Å². The first-order chi connectivity index (χ1) is 10.7. The average Bonchev–Trinajstić information content (AvgIpc) is 2.56. The molecular weight excluding hydrogens is 278 g/mol. The van der Waals surface area contributed by atoms with E-state index in [1.165, 1.54) is 6.08 Å². The Labute approximate surface area is 130 Å². The number of rotatable bonds is 7. The molecule has 0 aromatic heterocycles. The van der Waals surface area contributed by atoms with Gasteiger partial charge in [-0.05, 0) is 43.3 Å². The highest BCUT2D eigenvalue weighted by molar-refractivity contribution is 6.04. The van der Waals surface area contributed by atoms with Crippen molar-refractivity contribution < 1.29 is 14.3 Å². The van der Waals surface area contributed by atoms with E-state index in [9.17, 15) is 4.79 Å². The van der Waals surface area contributed by atoms with E-state index < -0.39 is 0 Å². The number of carbonyl (C=O) groups excluding carboxylic acids is 1. The third-order valence-electron chi connectivity index (χ3n) is 3.03. The van der Waals surface area contributed by atoms with Crippen LogP contribution in [0.2, 0.25) is 0 Å². The number of ketones is 1. The lowest BCUT2D eigenvalue weighted by atomic mass is 10.1. The van der Waals surface area contributed by atoms with E-state index in [1.54, 1.807) is 37.6 Å². The van der Waals surface area contributed by atoms with Gasteiger partial charge in [0.2, 0.25) is 0 Å². The molecule has 0 saturated heterocycles. The fourth-order valence-electron chi connectivity index (χ4n) is 1.93. The second-order valence-electron chi connectivity index (χ2n) is 4.50. The predicted molar refractivity (Wildman–Crippen MR) is 87.7 cm³/mol. The van der Waals surface area contributed by atoms with Gasteiger partial charge in [-0.2, -0.15) is 0 Å². The minimum atomic E-state index is -0.0796. The van der Waals surface area contributed by atoms with E-state index in [4.69, 9.17) is 9.47 Å². The van der Waals surface area contributed by atoms with E-state index in [2.05, 4.69) is 5.32 Å². The van der Waals surface area contributed by atoms with Gasteiger partial charge in [0.1, 0.15) is 11.5 Å². The first kappa shape index (κ1) is 15.6. The van der Waals surface area contributed by atoms with Crippen molar-refractivity contribution in [2.45, 2.75) is 6.92 Å². The molecule has 1 N–H and O–H groups in total. The molecular formula is C18H19NO3. The topological polar surface area (TPSA) is 47.6 Å². The van der Waals surface area contributed by atoms with Crippen molar-refractivity contribution in [2.24, 2.45) is 0 Å². The third-order valence-corrected chi connectivity index (χ3v) is 3.03. The van der Waals surface area contributed by atoms with Gasteiger partial charge in [0.25, 0.3) is 0 Å². The van der Waals surface area contributed by atoms with Gasteiger partial charge in [-0.3, -0.25) is 4.79 Å². The van der Waals surface area contributed by atoms with Crippen LogP contribution in [0.3, 0.4) is 0 Å². The highest BCUT2D eigenvalue weighted by Gasteiger charge is 2.03. The number of anilines is 1. The molecule has 0 amide bonds. The van der Waals surface area contributed by atoms with E-state index >= 15 is 0 Å². The Morgan fingerprint density at radius 3 is 2.55 bits per heavy atom. The van der Waals surface area contributed by atoms with E-state index in [0.29, 0.717) is 12.2 Å². The SMILES string of the molecule is CCOc1ccccc1NC=CC(=O)c1ccc(OC)cc1. The molecule has 0 bridgehead atoms. The van der Waals surface area contributed by atoms with Gasteiger partial charge in [0.05, 0.1) is 19.4 Å². The van der Waals surface area contributed by atoms with E-state index in [0.717, 1.165) is 17.2 Å². The Kier molecular flexibility index (Phi) is 5.60. The molecule has 0 aliphatic carbocycles. The minimum Gasteiger partial charge on any atom is -0.497 e. The zero-order valence-electron chi connectivity index (χ0n) is 12.7. The van der Waals surface area contributed by atoms with Crippen molar-refractivity contribution in [2.75, 3.05) is 19.0 Å². The molecule has 0 unspecified atom stereocenters. The molecule has 114 valence electrons. The molecule has 2 aromatic rings. The Balaban J connectivity index is 2.01. The molecule has 0 aliphatic heterocycles. The maximum absolute atomic E-state index is 12.0. The van der Waals surface area contributed by atoms with Crippen LogP contribution < -0.4 is 14.8 Å². The second-order valence-corrected chi connectivity index (χ2v) is 4.50. The van der Waals surface area contributed by atoms with Crippen LogP contribution in [-0.2, 0) is 0 Å². The predicted octanol–water partition coefficient (Wildman–Crippen LogP) is 3.90. The van der Waals surface area contributed by atoms with Crippen molar-refractivity contribution in [3.63, 3.8) is 0 Å². The van der Waals surface area contributed by atoms with Crippen molar-refractivity contribution in [1.82, 2.24) is 0 Å². The second kappa shape index (κ2) is 7.88. The Hall–Kier alpha value is -2.75. The van der Waals surface area contributed by atoms with Crippen molar-refractivity contribution in [1.29, 1.82) is 0 Å². The number of para-hydroxylation sites is 2. The molecule has 0 saturated carbocycles. The molecule has 0 atom stereocenters. The lowest BCUT2D eigenvalue weighted by molar-refractivity contribution is 0.104. The Morgan fingerprint density at radius 1 is 1.14 bits per heavy atom. The quantitative estimate of drug-likeness (QED) is 0.622. The lowest BCUT2D eigenvalue weighted by Crippen LogP contribution is -1.99. The first-order valence-electron chi connectivity index (χ1n) is 7.08. The van der Waals surface area contributed by atoms with Gasteiger partial charge in [-0.25, -0.2) is 0 Å². The molecule has 4 heteroatoms. The molecule has 22 heavy (non-hydrogen) atoms. The molecule has 4 nitrogen and oxygen atoms in total. The summed E-state index contributed by atoms with van der Waals surface area (Å²) in [4.78, 5) is 12.0. The summed E-state index contributed by atoms with van der Waals surface area (Å²) in [5.41, 5.74) is 1.43. The smallest absolute Gasteiger partial charge is 0.187 e. The summed E-state index contributed by atoms with van der Waals surface area (Å²) in [7, 11) is 1.59. The van der Waals surface area contributed by atoms with Crippen LogP contribution in [0.15, 0.2) is 60.8 Å². The summed E-state index contributed by atoms with van der Waals surface area (Å²) in [6, 6.07) is 14.6. The zero-order valence-corrected chi connectivity index (χ0v) is 12.7. The molecule has 0 aliphatic rings. The maximum atomic E-state index is 12.0. The summed E-state index contributed by atoms with van der Waals surface area (Å²) in [5, 5.41) is 3.07. The van der Waals surface area contributed by atoms with Gasteiger partial charge in [0.15, 0.2) is 5.78 Å². The van der Waals surface area contributed by atoms with Gasteiger partial charge >= 0.3 is 0 Å². The maximum Gasteiger partial charge on any atom is 0.187 e. The molecule has 0 radical (unpaired) electrons. The number of nitrogens with one attached hydrogen (secondary N) is 1. The molecule has 2 rings (SSSR count). The van der Waals surface area contributed by atoms with Gasteiger partial charge in [0, 0.05) is 17.8 Å². The summed E-state index contributed by atoms with van der Waals surface area (Å²) in [6.45, 7) is 2.52. The third kappa shape index (κ3) is 4.12. The van der Waals surface area contributed by atoms with Crippen molar-refractivity contribution in [3.8, 4) is 11.5 Å². The van der Waals surface area contributed by atoms with Crippen LogP contribution in [0.5, 0.6) is 11.5 Å². The summed E-state index contributed by atoms with van der Waals surface area (Å²) >= 11 is 0. The van der Waals surface area contributed by atoms with Crippen LogP contribution in [0.4, 0.5) is 5.69 Å². The molecule has 0 fully saturated rings. The number of hydrogen-bond acceptors (Lipinski definition) is 4. The molecule has 0 spiro atoms. The summed E-state index contributed by atoms with van der Waals surface area (Å²) in [6.07, 6.45) is 3.11. The van der Waals surface area contributed by atoms with Crippen LogP contribution in [0, 0.1) is 0 Å². The largest absolute Gasteiger partial charge is 0.497 e. The molecule has 2 aromatic carbocycles. The van der Waals surface area contributed by atoms with Crippen LogP contribution in [0.1, 0.15) is 17.3 Å². The van der Waals surface area contributed by atoms with Crippen LogP contribution in [0.25, 0.3) is 0 Å². The number of hydrogen-bond donors (Lipinski definition) is 1. The Bertz CT molecular complexity index is 648. The average molecular weight is 297 g/mol. The summed E-state index contributed by atoms with van der Waals surface area (Å²) in [5.74, 6) is 1.40. The minimum absolute atomic E-state index is 0.0796. The standard InChI is InChI=1S/C18H19NO3/c1-3-22-18-7-5-4-6-16(18)19-13-12-17(20)14-8-10-15(21-2)11-9-14/h4-13,19H,3H2,1-2H3. The number of ether oxygens (including phenoxy) is 2. The lowest BCUT2D eigenvalue weighted by Gasteiger charge is -2.09. The fourth-order valence-corrected chi connectivity index (χ4v) is 1.93. The molecule has 0 heterocycles. The van der Waals surface area contributed by atoms with Crippen molar-refractivity contribution >= 4 is 11.5 Å². The van der Waals surface area contributed by atoms with Crippen molar-refractivity contribution in [3.05, 3.63) is 66.4 Å². The summed E-state index contributed by atoms with van der Waals surface area (Å²) < 4.78 is 10.6. The normalized spacial score (nSPS) is 10.5. The number of allylic oxidation sites excluding steroid dienone is 1. The van der Waals surface area contributed by atoms with E-state index in [-0.39, 0.29) is 5.78 Å². The van der Waals surface area contributed by atoms with Crippen LogP contribution >= 0.6 is 0 Å². The van der Waals surface area contributed by atoms with Gasteiger partial charge < -0.3 is 14.8 Å². The number of benzene rings is 2. The first-order valence-corrected chi connectivity index (χ1v) is 7.08. The highest BCUT2D eigenvalue weighted by Crippen LogP contribution is 2.23. The number of carbonyl (C=O) groups is 1. The Morgan fingerprint density at radius 2 is 1.86 bits per heavy atom. The van der Waals surface area contributed by atoms with Gasteiger partial charge in [-0.1, -0.05) is 12.1 Å². The zero-order chi connectivity index (χ0) is 15.8. The number of methoxy groups -OCH3 is 1. The highest BCUT2D eigenvalue weighted by atomic mass is 16.5. The fraction of sp³-hybridized carbons (Fsp3) is 0.167. The van der Waals surface area contributed by atoms with E-state index in [1.807, 2.05) is 31.2 Å². The van der Waals surface area contributed by atoms with Gasteiger partial charge in [-0.15, -0.1) is 0 Å².